The lowest BCUT2D eigenvalue weighted by Crippen LogP contribution is -2.26. The molecule has 0 aliphatic carbocycles. The highest BCUT2D eigenvalue weighted by molar-refractivity contribution is 5.84. The Labute approximate surface area is 105 Å². The van der Waals surface area contributed by atoms with Crippen molar-refractivity contribution in [1.82, 2.24) is 14.9 Å². The molecule has 1 aromatic carbocycles. The minimum Gasteiger partial charge on any atom is -0.484 e. The number of nitrogens with zero attached hydrogens (tertiary/aromatic N) is 3. The molecule has 2 rings (SSSR count). The van der Waals surface area contributed by atoms with Crippen molar-refractivity contribution in [2.24, 2.45) is 0 Å². The van der Waals surface area contributed by atoms with Crippen molar-refractivity contribution in [3.05, 3.63) is 42.5 Å². The number of rotatable bonds is 5. The number of carbonyl (C=O) groups excluding carboxylic acids is 1. The summed E-state index contributed by atoms with van der Waals surface area (Å²) >= 11 is 0. The molecule has 1 amide bonds. The van der Waals surface area contributed by atoms with E-state index in [0.29, 0.717) is 5.75 Å². The smallest absolute Gasteiger partial charge is 0.276 e. The second-order valence-corrected chi connectivity index (χ2v) is 3.69. The number of nitrogens with one attached hydrogen (secondary N) is 1. The maximum Gasteiger partial charge on any atom is 0.276 e. The highest BCUT2D eigenvalue weighted by Gasteiger charge is 2.03. The van der Waals surface area contributed by atoms with Gasteiger partial charge in [-0.1, -0.05) is 19.1 Å². The fourth-order valence-corrected chi connectivity index (χ4v) is 1.40. The molecule has 0 aliphatic rings. The van der Waals surface area contributed by atoms with E-state index in [2.05, 4.69) is 22.5 Å². The summed E-state index contributed by atoms with van der Waals surface area (Å²) in [5.74, 6) is 0.403. The van der Waals surface area contributed by atoms with Gasteiger partial charge in [0.15, 0.2) is 6.61 Å². The van der Waals surface area contributed by atoms with Gasteiger partial charge in [-0.25, -0.2) is 4.68 Å². The zero-order chi connectivity index (χ0) is 12.8. The molecule has 1 aromatic heterocycles. The first kappa shape index (κ1) is 12.1. The van der Waals surface area contributed by atoms with Crippen LogP contribution >= 0.6 is 0 Å². The number of amides is 1. The van der Waals surface area contributed by atoms with Crippen LogP contribution in [0.25, 0.3) is 0 Å². The van der Waals surface area contributed by atoms with Gasteiger partial charge in [-0.2, -0.15) is 0 Å². The summed E-state index contributed by atoms with van der Waals surface area (Å²) in [6, 6.07) is 7.66. The van der Waals surface area contributed by atoms with Gasteiger partial charge in [-0.05, 0) is 24.1 Å². The lowest BCUT2D eigenvalue weighted by atomic mass is 10.2. The Hall–Kier alpha value is -2.37. The van der Waals surface area contributed by atoms with Gasteiger partial charge in [0.25, 0.3) is 5.91 Å². The van der Waals surface area contributed by atoms with Crippen LogP contribution in [0.4, 0.5) is 0 Å². The lowest BCUT2D eigenvalue weighted by molar-refractivity contribution is -0.119. The number of benzene rings is 1. The van der Waals surface area contributed by atoms with Crippen molar-refractivity contribution >= 4 is 5.91 Å². The van der Waals surface area contributed by atoms with Crippen LogP contribution < -0.4 is 10.2 Å². The van der Waals surface area contributed by atoms with E-state index in [1.807, 2.05) is 24.3 Å². The maximum absolute atomic E-state index is 11.5. The molecule has 0 spiro atoms. The van der Waals surface area contributed by atoms with Gasteiger partial charge < -0.3 is 4.74 Å². The van der Waals surface area contributed by atoms with Gasteiger partial charge in [-0.15, -0.1) is 10.2 Å². The van der Waals surface area contributed by atoms with Crippen molar-refractivity contribution in [2.75, 3.05) is 12.0 Å². The van der Waals surface area contributed by atoms with Crippen molar-refractivity contribution in [3.8, 4) is 5.75 Å². The first-order valence-electron chi connectivity index (χ1n) is 5.64. The van der Waals surface area contributed by atoms with Crippen LogP contribution in [0.2, 0.25) is 0 Å². The highest BCUT2D eigenvalue weighted by Crippen LogP contribution is 2.12. The second-order valence-electron chi connectivity index (χ2n) is 3.69. The molecule has 94 valence electrons. The predicted octanol–water partition coefficient (Wildman–Crippen LogP) is 0.990. The fraction of sp³-hybridized carbons (Fsp3) is 0.250. The molecule has 0 atom stereocenters. The Kier molecular flexibility index (Phi) is 3.90. The molecule has 0 bridgehead atoms. The summed E-state index contributed by atoms with van der Waals surface area (Å²) in [6.07, 6.45) is 3.77. The summed E-state index contributed by atoms with van der Waals surface area (Å²) < 4.78 is 6.72. The molecule has 0 unspecified atom stereocenters. The molecule has 0 saturated carbocycles. The number of hydrogen-bond acceptors (Lipinski definition) is 4. The van der Waals surface area contributed by atoms with E-state index in [0.717, 1.165) is 6.42 Å². The Morgan fingerprint density at radius 2 is 1.94 bits per heavy atom. The number of aromatic nitrogens is 3. The summed E-state index contributed by atoms with van der Waals surface area (Å²) in [7, 11) is 0. The molecule has 0 saturated heterocycles. The minimum atomic E-state index is -0.269. The van der Waals surface area contributed by atoms with Crippen LogP contribution in [-0.2, 0) is 11.2 Å². The minimum absolute atomic E-state index is 0.0519. The predicted molar refractivity (Wildman–Crippen MR) is 65.7 cm³/mol. The molecule has 2 aromatic rings. The van der Waals surface area contributed by atoms with E-state index in [4.69, 9.17) is 4.74 Å². The Morgan fingerprint density at radius 1 is 1.28 bits per heavy atom. The van der Waals surface area contributed by atoms with Crippen LogP contribution in [0.5, 0.6) is 5.75 Å². The molecular formula is C12H14N4O2. The van der Waals surface area contributed by atoms with Crippen molar-refractivity contribution in [1.29, 1.82) is 0 Å². The topological polar surface area (TPSA) is 69.0 Å². The number of aryl methyl sites for hydroxylation is 1. The van der Waals surface area contributed by atoms with Gasteiger partial charge >= 0.3 is 0 Å². The Balaban J connectivity index is 1.81. The summed E-state index contributed by atoms with van der Waals surface area (Å²) in [4.78, 5) is 11.5. The summed E-state index contributed by atoms with van der Waals surface area (Å²) in [5.41, 5.74) is 3.78. The first-order chi connectivity index (χ1) is 8.78. The number of hydrogen-bond donors (Lipinski definition) is 1. The fourth-order valence-electron chi connectivity index (χ4n) is 1.40. The Morgan fingerprint density at radius 3 is 2.56 bits per heavy atom. The normalized spacial score (nSPS) is 10.1. The average molecular weight is 246 g/mol. The monoisotopic (exact) mass is 246 g/mol. The highest BCUT2D eigenvalue weighted by atomic mass is 16.5. The number of ether oxygens (including phenoxy) is 1. The van der Waals surface area contributed by atoms with E-state index in [-0.39, 0.29) is 12.5 Å². The molecule has 6 nitrogen and oxygen atoms in total. The van der Waals surface area contributed by atoms with Gasteiger partial charge in [0, 0.05) is 0 Å². The molecular weight excluding hydrogens is 232 g/mol. The van der Waals surface area contributed by atoms with E-state index in [1.54, 1.807) is 0 Å². The summed E-state index contributed by atoms with van der Waals surface area (Å²) in [5, 5.41) is 7.14. The lowest BCUT2D eigenvalue weighted by Gasteiger charge is -2.07. The third-order valence-corrected chi connectivity index (χ3v) is 2.37. The van der Waals surface area contributed by atoms with Crippen LogP contribution in [0, 0.1) is 0 Å². The second kappa shape index (κ2) is 5.81. The van der Waals surface area contributed by atoms with E-state index < -0.39 is 0 Å². The quantitative estimate of drug-likeness (QED) is 0.854. The van der Waals surface area contributed by atoms with Crippen molar-refractivity contribution in [3.63, 3.8) is 0 Å². The van der Waals surface area contributed by atoms with Crippen molar-refractivity contribution in [2.45, 2.75) is 13.3 Å². The van der Waals surface area contributed by atoms with Gasteiger partial charge in [0.2, 0.25) is 0 Å². The molecule has 0 fully saturated rings. The third-order valence-electron chi connectivity index (χ3n) is 2.37. The van der Waals surface area contributed by atoms with Crippen LogP contribution in [0.1, 0.15) is 12.5 Å². The molecule has 1 N–H and O–H groups in total. The molecule has 0 aliphatic heterocycles. The molecule has 18 heavy (non-hydrogen) atoms. The van der Waals surface area contributed by atoms with E-state index >= 15 is 0 Å². The summed E-state index contributed by atoms with van der Waals surface area (Å²) in [6.45, 7) is 2.03. The number of carbonyl (C=O) groups is 1. The van der Waals surface area contributed by atoms with Gasteiger partial charge in [0.05, 0.1) is 0 Å². The molecule has 6 heteroatoms. The zero-order valence-corrected chi connectivity index (χ0v) is 10.0. The average Bonchev–Trinajstić information content (AvgIpc) is 2.90. The standard InChI is InChI=1S/C12H14N4O2/c1-2-10-3-5-11(6-4-10)18-7-12(17)15-16-8-13-14-9-16/h3-6,8-9H,2,7H2,1H3,(H,15,17). The van der Waals surface area contributed by atoms with Crippen LogP contribution in [0.3, 0.4) is 0 Å². The van der Waals surface area contributed by atoms with E-state index in [1.165, 1.54) is 22.9 Å². The van der Waals surface area contributed by atoms with Crippen molar-refractivity contribution < 1.29 is 9.53 Å². The maximum atomic E-state index is 11.5. The van der Waals surface area contributed by atoms with Gasteiger partial charge in [-0.3, -0.25) is 10.2 Å². The molecule has 0 radical (unpaired) electrons. The van der Waals surface area contributed by atoms with Crippen LogP contribution in [0.15, 0.2) is 36.9 Å². The first-order valence-corrected chi connectivity index (χ1v) is 5.64. The SMILES string of the molecule is CCc1ccc(OCC(=O)Nn2cnnc2)cc1. The van der Waals surface area contributed by atoms with E-state index in [9.17, 15) is 4.79 Å². The molecule has 1 heterocycles. The third kappa shape index (κ3) is 3.31. The zero-order valence-electron chi connectivity index (χ0n) is 10.0. The van der Waals surface area contributed by atoms with Crippen LogP contribution in [-0.4, -0.2) is 27.4 Å². The Bertz CT molecular complexity index is 493. The largest absolute Gasteiger partial charge is 0.484 e. The van der Waals surface area contributed by atoms with Gasteiger partial charge in [0.1, 0.15) is 18.4 Å².